The molecule has 0 amide bonds. The van der Waals surface area contributed by atoms with Crippen LogP contribution in [0.3, 0.4) is 0 Å². The summed E-state index contributed by atoms with van der Waals surface area (Å²) < 4.78 is 10.4. The summed E-state index contributed by atoms with van der Waals surface area (Å²) in [6, 6.07) is 6.32. The molecule has 7 nitrogen and oxygen atoms in total. The molecule has 0 unspecified atom stereocenters. The van der Waals surface area contributed by atoms with E-state index in [1.165, 1.54) is 20.3 Å². The van der Waals surface area contributed by atoms with Crippen molar-refractivity contribution >= 4 is 33.3 Å². The van der Waals surface area contributed by atoms with E-state index in [0.717, 1.165) is 0 Å². The lowest BCUT2D eigenvalue weighted by molar-refractivity contribution is 0.0597. The molecule has 0 aromatic heterocycles. The highest BCUT2D eigenvalue weighted by molar-refractivity contribution is 9.10. The summed E-state index contributed by atoms with van der Waals surface area (Å²) in [4.78, 5) is 11.7. The standard InChI is InChI=1S/C12H9BrN4O3/c1-19-11-9(12(18)20-2)3-7(13)4-10(11)17-16-8(5-14)6-15/h3-4,17H,1-2H3. The average Bonchev–Trinajstić information content (AvgIpc) is 2.46. The highest BCUT2D eigenvalue weighted by Gasteiger charge is 2.18. The van der Waals surface area contributed by atoms with Crippen LogP contribution < -0.4 is 10.2 Å². The van der Waals surface area contributed by atoms with Crippen molar-refractivity contribution in [1.29, 1.82) is 10.5 Å². The molecule has 1 aromatic rings. The highest BCUT2D eigenvalue weighted by Crippen LogP contribution is 2.33. The molecule has 0 radical (unpaired) electrons. The molecule has 0 heterocycles. The summed E-state index contributed by atoms with van der Waals surface area (Å²) in [6.07, 6.45) is 0. The van der Waals surface area contributed by atoms with Crippen LogP contribution in [-0.4, -0.2) is 25.9 Å². The minimum absolute atomic E-state index is 0.178. The lowest BCUT2D eigenvalue weighted by Gasteiger charge is -2.12. The molecule has 8 heteroatoms. The summed E-state index contributed by atoms with van der Waals surface area (Å²) >= 11 is 3.23. The fourth-order valence-electron chi connectivity index (χ4n) is 1.35. The van der Waals surface area contributed by atoms with Crippen molar-refractivity contribution in [3.63, 3.8) is 0 Å². The van der Waals surface area contributed by atoms with Gasteiger partial charge >= 0.3 is 5.97 Å². The number of nitrogens with one attached hydrogen (secondary N) is 1. The van der Waals surface area contributed by atoms with E-state index < -0.39 is 5.97 Å². The minimum Gasteiger partial charge on any atom is -0.494 e. The van der Waals surface area contributed by atoms with Crippen LogP contribution >= 0.6 is 15.9 Å². The smallest absolute Gasteiger partial charge is 0.341 e. The third-order valence-electron chi connectivity index (χ3n) is 2.16. The van der Waals surface area contributed by atoms with Crippen LogP contribution in [0, 0.1) is 22.7 Å². The fourth-order valence-corrected chi connectivity index (χ4v) is 1.81. The van der Waals surface area contributed by atoms with Gasteiger partial charge in [0.25, 0.3) is 0 Å². The van der Waals surface area contributed by atoms with Gasteiger partial charge in [0.2, 0.25) is 5.71 Å². The largest absolute Gasteiger partial charge is 0.494 e. The van der Waals surface area contributed by atoms with Crippen LogP contribution in [0.5, 0.6) is 5.75 Å². The number of carbonyl (C=O) groups is 1. The Morgan fingerprint density at radius 2 is 2.00 bits per heavy atom. The average molecular weight is 337 g/mol. The zero-order chi connectivity index (χ0) is 15.1. The first-order valence-corrected chi connectivity index (χ1v) is 5.96. The quantitative estimate of drug-likeness (QED) is 0.512. The third kappa shape index (κ3) is 3.46. The number of nitriles is 2. The number of anilines is 1. The molecule has 0 fully saturated rings. The second kappa shape index (κ2) is 7.12. The molecule has 102 valence electrons. The lowest BCUT2D eigenvalue weighted by Crippen LogP contribution is -2.07. The van der Waals surface area contributed by atoms with E-state index in [4.69, 9.17) is 15.3 Å². The topological polar surface area (TPSA) is 107 Å². The van der Waals surface area contributed by atoms with Gasteiger partial charge < -0.3 is 9.47 Å². The SMILES string of the molecule is COC(=O)c1cc(Br)cc(NN=C(C#N)C#N)c1OC. The Kier molecular flexibility index (Phi) is 5.51. The van der Waals surface area contributed by atoms with Gasteiger partial charge in [-0.25, -0.2) is 4.79 Å². The first kappa shape index (κ1) is 15.5. The van der Waals surface area contributed by atoms with Gasteiger partial charge in [0, 0.05) is 4.47 Å². The number of hydrazone groups is 1. The van der Waals surface area contributed by atoms with Crippen molar-refractivity contribution in [1.82, 2.24) is 0 Å². The van der Waals surface area contributed by atoms with Crippen LogP contribution in [0.1, 0.15) is 10.4 Å². The summed E-state index contributed by atoms with van der Waals surface area (Å²) in [6.45, 7) is 0. The lowest BCUT2D eigenvalue weighted by atomic mass is 10.1. The first-order valence-electron chi connectivity index (χ1n) is 5.17. The molecule has 0 aliphatic rings. The van der Waals surface area contributed by atoms with Crippen LogP contribution in [0.25, 0.3) is 0 Å². The van der Waals surface area contributed by atoms with Crippen LogP contribution in [0.4, 0.5) is 5.69 Å². The van der Waals surface area contributed by atoms with Gasteiger partial charge in [-0.3, -0.25) is 5.43 Å². The number of ether oxygens (including phenoxy) is 2. The molecule has 1 rings (SSSR count). The van der Waals surface area contributed by atoms with E-state index >= 15 is 0 Å². The molecule has 0 spiro atoms. The normalized spacial score (nSPS) is 8.85. The van der Waals surface area contributed by atoms with E-state index in [-0.39, 0.29) is 17.0 Å². The number of nitrogens with zero attached hydrogens (tertiary/aromatic N) is 3. The molecule has 1 N–H and O–H groups in total. The number of methoxy groups -OCH3 is 2. The van der Waals surface area contributed by atoms with E-state index in [0.29, 0.717) is 10.2 Å². The van der Waals surface area contributed by atoms with Gasteiger partial charge in [0.15, 0.2) is 5.75 Å². The molecule has 0 saturated carbocycles. The monoisotopic (exact) mass is 336 g/mol. The van der Waals surface area contributed by atoms with Gasteiger partial charge in [-0.2, -0.15) is 15.6 Å². The number of rotatable bonds is 4. The highest BCUT2D eigenvalue weighted by atomic mass is 79.9. The molecule has 0 atom stereocenters. The summed E-state index contributed by atoms with van der Waals surface area (Å²) in [5.74, 6) is -0.394. The van der Waals surface area contributed by atoms with Crippen molar-refractivity contribution in [2.24, 2.45) is 5.10 Å². The molecule has 0 aliphatic heterocycles. The Hall–Kier alpha value is -2.58. The van der Waals surface area contributed by atoms with Gasteiger partial charge in [0.05, 0.1) is 14.2 Å². The molecule has 0 saturated heterocycles. The van der Waals surface area contributed by atoms with E-state index in [1.54, 1.807) is 18.2 Å². The van der Waals surface area contributed by atoms with Crippen molar-refractivity contribution in [3.05, 3.63) is 22.2 Å². The summed E-state index contributed by atoms with van der Waals surface area (Å²) in [5.41, 5.74) is 2.64. The number of esters is 1. The first-order chi connectivity index (χ1) is 9.57. The Balaban J connectivity index is 3.30. The molecular formula is C12H9BrN4O3. The summed E-state index contributed by atoms with van der Waals surface area (Å²) in [7, 11) is 2.62. The maximum Gasteiger partial charge on any atom is 0.341 e. The second-order valence-corrected chi connectivity index (χ2v) is 4.24. The molecule has 0 aliphatic carbocycles. The molecule has 20 heavy (non-hydrogen) atoms. The molecular weight excluding hydrogens is 328 g/mol. The number of benzene rings is 1. The predicted octanol–water partition coefficient (Wildman–Crippen LogP) is 2.06. The van der Waals surface area contributed by atoms with Crippen molar-refractivity contribution in [3.8, 4) is 17.9 Å². The van der Waals surface area contributed by atoms with Crippen molar-refractivity contribution in [2.45, 2.75) is 0 Å². The zero-order valence-corrected chi connectivity index (χ0v) is 12.2. The zero-order valence-electron chi connectivity index (χ0n) is 10.6. The van der Waals surface area contributed by atoms with Gasteiger partial charge in [-0.15, -0.1) is 0 Å². The van der Waals surface area contributed by atoms with Crippen LogP contribution in [-0.2, 0) is 4.74 Å². The van der Waals surface area contributed by atoms with E-state index in [1.807, 2.05) is 0 Å². The second-order valence-electron chi connectivity index (χ2n) is 3.32. The van der Waals surface area contributed by atoms with Gasteiger partial charge in [-0.1, -0.05) is 15.9 Å². The summed E-state index contributed by atoms with van der Waals surface area (Å²) in [5, 5.41) is 20.8. The molecule has 1 aromatic carbocycles. The Bertz CT molecular complexity index is 627. The number of carbonyl (C=O) groups excluding carboxylic acids is 1. The predicted molar refractivity (Wildman–Crippen MR) is 74.3 cm³/mol. The maximum atomic E-state index is 11.7. The Morgan fingerprint density at radius 1 is 1.35 bits per heavy atom. The van der Waals surface area contributed by atoms with E-state index in [9.17, 15) is 4.79 Å². The van der Waals surface area contributed by atoms with Gasteiger partial charge in [-0.05, 0) is 12.1 Å². The Labute approximate surface area is 123 Å². The van der Waals surface area contributed by atoms with Crippen LogP contribution in [0.2, 0.25) is 0 Å². The third-order valence-corrected chi connectivity index (χ3v) is 2.62. The molecule has 0 bridgehead atoms. The number of halogens is 1. The number of hydrogen-bond acceptors (Lipinski definition) is 7. The minimum atomic E-state index is -0.587. The van der Waals surface area contributed by atoms with Crippen LogP contribution in [0.15, 0.2) is 21.7 Å². The maximum absolute atomic E-state index is 11.7. The van der Waals surface area contributed by atoms with Crippen molar-refractivity contribution < 1.29 is 14.3 Å². The van der Waals surface area contributed by atoms with E-state index in [2.05, 4.69) is 31.2 Å². The fraction of sp³-hybridized carbons (Fsp3) is 0.167. The van der Waals surface area contributed by atoms with Gasteiger partial charge in [0.1, 0.15) is 23.4 Å². The Morgan fingerprint density at radius 3 is 2.50 bits per heavy atom. The van der Waals surface area contributed by atoms with Crippen molar-refractivity contribution in [2.75, 3.05) is 19.6 Å². The number of hydrogen-bond donors (Lipinski definition) is 1.